The SMILES string of the molecule is C[C@@H]1OCC[C@H](C)O1. The molecule has 1 aliphatic rings. The Morgan fingerprint density at radius 3 is 2.50 bits per heavy atom. The highest BCUT2D eigenvalue weighted by Gasteiger charge is 2.13. The number of hydrogen-bond donors (Lipinski definition) is 0. The first-order valence-corrected chi connectivity index (χ1v) is 3.06. The summed E-state index contributed by atoms with van der Waals surface area (Å²) in [5.41, 5.74) is 0. The molecule has 1 heterocycles. The lowest BCUT2D eigenvalue weighted by atomic mass is 10.3. The van der Waals surface area contributed by atoms with Gasteiger partial charge in [-0.3, -0.25) is 0 Å². The third-order valence-corrected chi connectivity index (χ3v) is 1.30. The van der Waals surface area contributed by atoms with Crippen molar-refractivity contribution in [3.05, 3.63) is 0 Å². The highest BCUT2D eigenvalue weighted by atomic mass is 16.7. The third kappa shape index (κ3) is 1.46. The summed E-state index contributed by atoms with van der Waals surface area (Å²) in [6.45, 7) is 4.84. The first-order valence-electron chi connectivity index (χ1n) is 3.06. The van der Waals surface area contributed by atoms with Crippen molar-refractivity contribution in [2.24, 2.45) is 0 Å². The summed E-state index contributed by atoms with van der Waals surface area (Å²) in [5, 5.41) is 0. The lowest BCUT2D eigenvalue weighted by Crippen LogP contribution is -2.27. The van der Waals surface area contributed by atoms with Crippen molar-refractivity contribution in [3.63, 3.8) is 0 Å². The van der Waals surface area contributed by atoms with E-state index in [2.05, 4.69) is 6.92 Å². The molecule has 1 aliphatic heterocycles. The van der Waals surface area contributed by atoms with E-state index < -0.39 is 0 Å². The first-order chi connectivity index (χ1) is 3.79. The van der Waals surface area contributed by atoms with Crippen LogP contribution in [0.2, 0.25) is 0 Å². The van der Waals surface area contributed by atoms with E-state index in [1.807, 2.05) is 6.92 Å². The van der Waals surface area contributed by atoms with Gasteiger partial charge in [-0.2, -0.15) is 0 Å². The van der Waals surface area contributed by atoms with Gasteiger partial charge >= 0.3 is 0 Å². The summed E-state index contributed by atoms with van der Waals surface area (Å²) in [4.78, 5) is 0. The predicted molar refractivity (Wildman–Crippen MR) is 30.6 cm³/mol. The van der Waals surface area contributed by atoms with Gasteiger partial charge in [0.2, 0.25) is 0 Å². The summed E-state index contributed by atoms with van der Waals surface area (Å²) >= 11 is 0. The van der Waals surface area contributed by atoms with Crippen molar-refractivity contribution in [1.29, 1.82) is 0 Å². The fraction of sp³-hybridized carbons (Fsp3) is 1.00. The van der Waals surface area contributed by atoms with Crippen LogP contribution in [0.4, 0.5) is 0 Å². The second kappa shape index (κ2) is 2.46. The molecule has 2 nitrogen and oxygen atoms in total. The van der Waals surface area contributed by atoms with Gasteiger partial charge in [-0.15, -0.1) is 0 Å². The van der Waals surface area contributed by atoms with Crippen LogP contribution in [0.3, 0.4) is 0 Å². The minimum atomic E-state index is 0.0127. The Balaban J connectivity index is 2.23. The maximum atomic E-state index is 5.26. The molecule has 0 aromatic carbocycles. The molecular weight excluding hydrogens is 104 g/mol. The molecule has 0 saturated carbocycles. The summed E-state index contributed by atoms with van der Waals surface area (Å²) in [6, 6.07) is 0. The van der Waals surface area contributed by atoms with Crippen LogP contribution >= 0.6 is 0 Å². The third-order valence-electron chi connectivity index (χ3n) is 1.30. The van der Waals surface area contributed by atoms with Gasteiger partial charge in [0.1, 0.15) is 0 Å². The van der Waals surface area contributed by atoms with Crippen molar-refractivity contribution in [1.82, 2.24) is 0 Å². The van der Waals surface area contributed by atoms with Crippen molar-refractivity contribution in [2.45, 2.75) is 32.7 Å². The van der Waals surface area contributed by atoms with Gasteiger partial charge in [0, 0.05) is 0 Å². The molecular formula is C6H12O2. The summed E-state index contributed by atoms with van der Waals surface area (Å²) in [5.74, 6) is 0. The molecule has 0 amide bonds. The minimum Gasteiger partial charge on any atom is -0.353 e. The monoisotopic (exact) mass is 116 g/mol. The Bertz CT molecular complexity index is 64.9. The molecule has 0 unspecified atom stereocenters. The standard InChI is InChI=1S/C6H12O2/c1-5-3-4-7-6(2)8-5/h5-6H,3-4H2,1-2H3/t5-,6+/m0/s1. The molecule has 1 saturated heterocycles. The highest BCUT2D eigenvalue weighted by molar-refractivity contribution is 4.54. The number of rotatable bonds is 0. The molecule has 0 aliphatic carbocycles. The molecule has 0 radical (unpaired) electrons. The van der Waals surface area contributed by atoms with Crippen molar-refractivity contribution in [3.8, 4) is 0 Å². The van der Waals surface area contributed by atoms with Gasteiger partial charge in [-0.25, -0.2) is 0 Å². The van der Waals surface area contributed by atoms with Crippen molar-refractivity contribution < 1.29 is 9.47 Å². The molecule has 0 spiro atoms. The van der Waals surface area contributed by atoms with Gasteiger partial charge in [0.15, 0.2) is 6.29 Å². The van der Waals surface area contributed by atoms with Gasteiger partial charge < -0.3 is 9.47 Å². The molecule has 0 aromatic heterocycles. The van der Waals surface area contributed by atoms with Crippen LogP contribution in [0.5, 0.6) is 0 Å². The Morgan fingerprint density at radius 1 is 1.38 bits per heavy atom. The minimum absolute atomic E-state index is 0.0127. The average Bonchev–Trinajstić information content (AvgIpc) is 1.64. The molecule has 2 atom stereocenters. The van der Waals surface area contributed by atoms with Gasteiger partial charge in [0.05, 0.1) is 12.7 Å². The van der Waals surface area contributed by atoms with Gasteiger partial charge in [-0.1, -0.05) is 0 Å². The molecule has 0 bridgehead atoms. The fourth-order valence-electron chi connectivity index (χ4n) is 0.834. The van der Waals surface area contributed by atoms with E-state index in [0.717, 1.165) is 13.0 Å². The normalized spacial score (nSPS) is 39.8. The van der Waals surface area contributed by atoms with E-state index in [1.54, 1.807) is 0 Å². The predicted octanol–water partition coefficient (Wildman–Crippen LogP) is 1.16. The van der Waals surface area contributed by atoms with Crippen LogP contribution in [0.25, 0.3) is 0 Å². The van der Waals surface area contributed by atoms with Crippen LogP contribution in [0.15, 0.2) is 0 Å². The summed E-state index contributed by atoms with van der Waals surface area (Å²) < 4.78 is 10.4. The van der Waals surface area contributed by atoms with Gasteiger partial charge in [0.25, 0.3) is 0 Å². The van der Waals surface area contributed by atoms with Crippen molar-refractivity contribution in [2.75, 3.05) is 6.61 Å². The zero-order valence-corrected chi connectivity index (χ0v) is 5.39. The Hall–Kier alpha value is -0.0800. The second-order valence-electron chi connectivity index (χ2n) is 2.17. The zero-order valence-electron chi connectivity index (χ0n) is 5.39. The highest BCUT2D eigenvalue weighted by Crippen LogP contribution is 2.09. The van der Waals surface area contributed by atoms with Crippen molar-refractivity contribution >= 4 is 0 Å². The Labute approximate surface area is 49.8 Å². The molecule has 1 fully saturated rings. The fourth-order valence-corrected chi connectivity index (χ4v) is 0.834. The molecule has 1 rings (SSSR count). The van der Waals surface area contributed by atoms with Gasteiger partial charge in [-0.05, 0) is 20.3 Å². The molecule has 48 valence electrons. The largest absolute Gasteiger partial charge is 0.353 e. The molecule has 0 N–H and O–H groups in total. The number of ether oxygens (including phenoxy) is 2. The lowest BCUT2D eigenvalue weighted by molar-refractivity contribution is -0.197. The number of hydrogen-bond acceptors (Lipinski definition) is 2. The smallest absolute Gasteiger partial charge is 0.155 e. The zero-order chi connectivity index (χ0) is 5.98. The summed E-state index contributed by atoms with van der Waals surface area (Å²) in [7, 11) is 0. The first kappa shape index (κ1) is 6.05. The van der Waals surface area contributed by atoms with E-state index >= 15 is 0 Å². The topological polar surface area (TPSA) is 18.5 Å². The molecule has 2 heteroatoms. The van der Waals surface area contributed by atoms with Crippen LogP contribution in [0.1, 0.15) is 20.3 Å². The van der Waals surface area contributed by atoms with E-state index in [0.29, 0.717) is 6.10 Å². The Morgan fingerprint density at radius 2 is 2.12 bits per heavy atom. The molecule has 8 heavy (non-hydrogen) atoms. The maximum absolute atomic E-state index is 5.26. The van der Waals surface area contributed by atoms with E-state index in [-0.39, 0.29) is 6.29 Å². The summed E-state index contributed by atoms with van der Waals surface area (Å²) in [6.07, 6.45) is 1.43. The second-order valence-corrected chi connectivity index (χ2v) is 2.17. The van der Waals surface area contributed by atoms with E-state index in [9.17, 15) is 0 Å². The van der Waals surface area contributed by atoms with E-state index in [1.165, 1.54) is 0 Å². The van der Waals surface area contributed by atoms with Crippen LogP contribution < -0.4 is 0 Å². The van der Waals surface area contributed by atoms with Crippen LogP contribution in [-0.4, -0.2) is 19.0 Å². The van der Waals surface area contributed by atoms with E-state index in [4.69, 9.17) is 9.47 Å². The van der Waals surface area contributed by atoms with Crippen LogP contribution in [-0.2, 0) is 9.47 Å². The quantitative estimate of drug-likeness (QED) is 0.472. The maximum Gasteiger partial charge on any atom is 0.155 e. The lowest BCUT2D eigenvalue weighted by Gasteiger charge is -2.24. The average molecular weight is 116 g/mol. The molecule has 0 aromatic rings. The van der Waals surface area contributed by atoms with Crippen LogP contribution in [0, 0.1) is 0 Å². The Kier molecular flexibility index (Phi) is 1.86.